The third-order valence-corrected chi connectivity index (χ3v) is 2.59. The molecule has 0 spiro atoms. The topological polar surface area (TPSA) is 17.1 Å². The van der Waals surface area contributed by atoms with Crippen LogP contribution in [0.15, 0.2) is 42.0 Å². The fourth-order valence-electron chi connectivity index (χ4n) is 1.68. The Morgan fingerprint density at radius 3 is 2.22 bits per heavy atom. The first-order chi connectivity index (χ1) is 8.38. The predicted molar refractivity (Wildman–Crippen MR) is 58.1 cm³/mol. The molecule has 1 aromatic carbocycles. The molecule has 1 aliphatic carbocycles. The van der Waals surface area contributed by atoms with Gasteiger partial charge in [0, 0.05) is 12.0 Å². The minimum Gasteiger partial charge on any atom is -0.294 e. The van der Waals surface area contributed by atoms with Gasteiger partial charge in [-0.05, 0) is 23.8 Å². The second kappa shape index (κ2) is 4.40. The van der Waals surface area contributed by atoms with Crippen LogP contribution in [-0.4, -0.2) is 12.0 Å². The van der Waals surface area contributed by atoms with Gasteiger partial charge in [-0.1, -0.05) is 18.2 Å². The van der Waals surface area contributed by atoms with Gasteiger partial charge in [-0.3, -0.25) is 4.79 Å². The van der Waals surface area contributed by atoms with Crippen molar-refractivity contribution in [2.24, 2.45) is 0 Å². The third kappa shape index (κ3) is 2.50. The molecule has 0 saturated heterocycles. The number of hydrogen-bond acceptors (Lipinski definition) is 1. The van der Waals surface area contributed by atoms with E-state index in [9.17, 15) is 22.4 Å². The van der Waals surface area contributed by atoms with Gasteiger partial charge in [-0.25, -0.2) is 4.39 Å². The first kappa shape index (κ1) is 12.5. The van der Waals surface area contributed by atoms with Gasteiger partial charge < -0.3 is 0 Å². The fraction of sp³-hybridized carbons (Fsp3) is 0.154. The number of hydrogen-bond donors (Lipinski definition) is 0. The van der Waals surface area contributed by atoms with Crippen molar-refractivity contribution >= 4 is 11.4 Å². The monoisotopic (exact) mass is 256 g/mol. The highest BCUT2D eigenvalue weighted by atomic mass is 19.4. The number of rotatable bonds is 1. The van der Waals surface area contributed by atoms with E-state index >= 15 is 0 Å². The number of carbonyl (C=O) groups is 1. The highest BCUT2D eigenvalue weighted by molar-refractivity contribution is 6.22. The number of benzene rings is 1. The molecule has 1 aromatic rings. The Bertz CT molecular complexity index is 535. The van der Waals surface area contributed by atoms with E-state index in [0.29, 0.717) is 0 Å². The zero-order valence-corrected chi connectivity index (χ0v) is 9.09. The second-order valence-electron chi connectivity index (χ2n) is 3.85. The lowest BCUT2D eigenvalue weighted by Crippen LogP contribution is -2.15. The molecule has 1 aliphatic rings. The van der Waals surface area contributed by atoms with Gasteiger partial charge >= 0.3 is 6.18 Å². The van der Waals surface area contributed by atoms with Crippen LogP contribution >= 0.6 is 0 Å². The average molecular weight is 256 g/mol. The average Bonchev–Trinajstić information content (AvgIpc) is 2.29. The summed E-state index contributed by atoms with van der Waals surface area (Å²) in [6.07, 6.45) is -3.11. The normalized spacial score (nSPS) is 16.3. The van der Waals surface area contributed by atoms with Crippen molar-refractivity contribution in [1.82, 2.24) is 0 Å². The standard InChI is InChI=1S/C13H8F4O/c14-10-4-1-8(2-5-10)11-7-9(13(15,16)17)3-6-12(11)18/h1-5,7H,6H2. The Hall–Kier alpha value is -1.91. The van der Waals surface area contributed by atoms with E-state index in [1.807, 2.05) is 0 Å². The largest absolute Gasteiger partial charge is 0.416 e. The van der Waals surface area contributed by atoms with Crippen LogP contribution < -0.4 is 0 Å². The van der Waals surface area contributed by atoms with E-state index in [-0.39, 0.29) is 17.6 Å². The van der Waals surface area contributed by atoms with E-state index in [0.717, 1.165) is 24.3 Å². The Kier molecular flexibility index (Phi) is 3.07. The molecule has 2 rings (SSSR count). The summed E-state index contributed by atoms with van der Waals surface area (Å²) in [4.78, 5) is 11.6. The van der Waals surface area contributed by atoms with E-state index in [1.54, 1.807) is 0 Å². The number of allylic oxidation sites excluding steroid dienone is 4. The summed E-state index contributed by atoms with van der Waals surface area (Å²) >= 11 is 0. The highest BCUT2D eigenvalue weighted by Gasteiger charge is 2.34. The molecule has 5 heteroatoms. The molecule has 0 heterocycles. The molecule has 0 amide bonds. The Morgan fingerprint density at radius 2 is 1.67 bits per heavy atom. The summed E-state index contributed by atoms with van der Waals surface area (Å²) in [5.74, 6) is -0.913. The highest BCUT2D eigenvalue weighted by Crippen LogP contribution is 2.33. The maximum absolute atomic E-state index is 12.7. The molecular formula is C13H8F4O. The van der Waals surface area contributed by atoms with Gasteiger partial charge in [0.2, 0.25) is 0 Å². The van der Waals surface area contributed by atoms with Crippen molar-refractivity contribution in [2.75, 3.05) is 0 Å². The Balaban J connectivity index is 2.42. The van der Waals surface area contributed by atoms with Crippen LogP contribution in [0.5, 0.6) is 0 Å². The van der Waals surface area contributed by atoms with Gasteiger partial charge in [0.15, 0.2) is 5.78 Å². The summed E-state index contributed by atoms with van der Waals surface area (Å²) in [6.45, 7) is 0. The summed E-state index contributed by atoms with van der Waals surface area (Å²) in [7, 11) is 0. The number of halogens is 4. The summed E-state index contributed by atoms with van der Waals surface area (Å²) in [5.41, 5.74) is -0.595. The van der Waals surface area contributed by atoms with Crippen molar-refractivity contribution in [1.29, 1.82) is 0 Å². The van der Waals surface area contributed by atoms with Crippen LogP contribution in [0.2, 0.25) is 0 Å². The van der Waals surface area contributed by atoms with Crippen LogP contribution in [0.1, 0.15) is 12.0 Å². The molecule has 0 atom stereocenters. The number of carbonyl (C=O) groups excluding carboxylic acids is 1. The zero-order chi connectivity index (χ0) is 13.3. The molecular weight excluding hydrogens is 248 g/mol. The molecule has 1 nitrogen and oxygen atoms in total. The van der Waals surface area contributed by atoms with Crippen molar-refractivity contribution in [3.63, 3.8) is 0 Å². The van der Waals surface area contributed by atoms with Crippen molar-refractivity contribution < 1.29 is 22.4 Å². The number of Topliss-reactive ketones (excluding diaryl/α,β-unsaturated/α-hetero) is 1. The van der Waals surface area contributed by atoms with Gasteiger partial charge in [-0.15, -0.1) is 0 Å². The minimum absolute atomic E-state index is 0.0372. The zero-order valence-electron chi connectivity index (χ0n) is 9.09. The van der Waals surface area contributed by atoms with Crippen molar-refractivity contribution in [3.05, 3.63) is 53.4 Å². The molecule has 0 radical (unpaired) electrons. The van der Waals surface area contributed by atoms with E-state index < -0.39 is 23.3 Å². The van der Waals surface area contributed by atoms with Gasteiger partial charge in [0.1, 0.15) is 5.82 Å². The number of ketones is 1. The lowest BCUT2D eigenvalue weighted by Gasteiger charge is -2.15. The molecule has 0 N–H and O–H groups in total. The molecule has 0 unspecified atom stereocenters. The Labute approximate surface area is 100 Å². The van der Waals surface area contributed by atoms with Gasteiger partial charge in [0.25, 0.3) is 0 Å². The lowest BCUT2D eigenvalue weighted by molar-refractivity contribution is -0.113. The van der Waals surface area contributed by atoms with E-state index in [2.05, 4.69) is 0 Å². The first-order valence-corrected chi connectivity index (χ1v) is 5.16. The van der Waals surface area contributed by atoms with E-state index in [1.165, 1.54) is 12.1 Å². The summed E-state index contributed by atoms with van der Waals surface area (Å²) in [5, 5.41) is 0. The third-order valence-electron chi connectivity index (χ3n) is 2.59. The molecule has 0 aliphatic heterocycles. The summed E-state index contributed by atoms with van der Waals surface area (Å²) in [6, 6.07) is 4.79. The smallest absolute Gasteiger partial charge is 0.294 e. The van der Waals surface area contributed by atoms with Gasteiger partial charge in [-0.2, -0.15) is 13.2 Å². The number of alkyl halides is 3. The minimum atomic E-state index is -4.48. The first-order valence-electron chi connectivity index (χ1n) is 5.16. The predicted octanol–water partition coefficient (Wildman–Crippen LogP) is 3.67. The summed E-state index contributed by atoms with van der Waals surface area (Å²) < 4.78 is 50.3. The second-order valence-corrected chi connectivity index (χ2v) is 3.85. The van der Waals surface area contributed by atoms with Crippen LogP contribution in [-0.2, 0) is 4.79 Å². The molecule has 0 saturated carbocycles. The van der Waals surface area contributed by atoms with Crippen molar-refractivity contribution in [2.45, 2.75) is 12.6 Å². The maximum atomic E-state index is 12.7. The maximum Gasteiger partial charge on any atom is 0.416 e. The molecule has 18 heavy (non-hydrogen) atoms. The van der Waals surface area contributed by atoms with Gasteiger partial charge in [0.05, 0.1) is 5.57 Å². The van der Waals surface area contributed by atoms with Crippen LogP contribution in [0.4, 0.5) is 17.6 Å². The fourth-order valence-corrected chi connectivity index (χ4v) is 1.68. The van der Waals surface area contributed by atoms with Crippen LogP contribution in [0, 0.1) is 5.82 Å². The van der Waals surface area contributed by atoms with Crippen LogP contribution in [0.25, 0.3) is 5.57 Å². The lowest BCUT2D eigenvalue weighted by atomic mass is 9.92. The van der Waals surface area contributed by atoms with Crippen molar-refractivity contribution in [3.8, 4) is 0 Å². The quantitative estimate of drug-likeness (QED) is 0.700. The molecule has 0 aromatic heterocycles. The van der Waals surface area contributed by atoms with Crippen LogP contribution in [0.3, 0.4) is 0 Å². The SMILES string of the molecule is O=C1CC=C(C(F)(F)F)C=C1c1ccc(F)cc1. The van der Waals surface area contributed by atoms with E-state index in [4.69, 9.17) is 0 Å². The molecule has 0 bridgehead atoms. The molecule has 0 fully saturated rings. The molecule has 94 valence electrons. The Morgan fingerprint density at radius 1 is 1.06 bits per heavy atom.